The summed E-state index contributed by atoms with van der Waals surface area (Å²) >= 11 is 0. The lowest BCUT2D eigenvalue weighted by atomic mass is 10.1. The van der Waals surface area contributed by atoms with Crippen molar-refractivity contribution in [1.82, 2.24) is 9.80 Å². The molecule has 0 atom stereocenters. The van der Waals surface area contributed by atoms with E-state index in [1.165, 1.54) is 71.2 Å². The molecule has 0 radical (unpaired) electrons. The van der Waals surface area contributed by atoms with E-state index in [-0.39, 0.29) is 0 Å². The molecule has 0 aromatic carbocycles. The van der Waals surface area contributed by atoms with Gasteiger partial charge in [-0.2, -0.15) is 0 Å². The molecule has 1 heterocycles. The molecule has 17 heavy (non-hydrogen) atoms. The van der Waals surface area contributed by atoms with Gasteiger partial charge < -0.3 is 14.5 Å². The third-order valence-electron chi connectivity index (χ3n) is 3.67. The van der Waals surface area contributed by atoms with E-state index in [1.54, 1.807) is 7.11 Å². The summed E-state index contributed by atoms with van der Waals surface area (Å²) < 4.78 is 5.05. The minimum atomic E-state index is 0.932. The summed E-state index contributed by atoms with van der Waals surface area (Å²) in [5.41, 5.74) is 0. The van der Waals surface area contributed by atoms with Gasteiger partial charge in [-0.3, -0.25) is 0 Å². The zero-order valence-corrected chi connectivity index (χ0v) is 11.8. The topological polar surface area (TPSA) is 15.7 Å². The first-order valence-corrected chi connectivity index (χ1v) is 7.23. The monoisotopic (exact) mass is 242 g/mol. The van der Waals surface area contributed by atoms with Crippen LogP contribution in [0.25, 0.3) is 0 Å². The molecule has 0 amide bonds. The summed E-state index contributed by atoms with van der Waals surface area (Å²) in [4.78, 5) is 5.04. The standard InChI is InChI=1S/C14H30N2O/c1-15-10-12-16(13-11-15)9-7-5-3-4-6-8-14-17-2/h3-14H2,1-2H3. The van der Waals surface area contributed by atoms with Gasteiger partial charge in [0.05, 0.1) is 0 Å². The second kappa shape index (κ2) is 9.86. The van der Waals surface area contributed by atoms with Gasteiger partial charge in [-0.25, -0.2) is 0 Å². The van der Waals surface area contributed by atoms with E-state index in [1.807, 2.05) is 0 Å². The van der Waals surface area contributed by atoms with Crippen LogP contribution in [0.1, 0.15) is 38.5 Å². The number of unbranched alkanes of at least 4 members (excludes halogenated alkanes) is 5. The number of nitrogens with zero attached hydrogens (tertiary/aromatic N) is 2. The van der Waals surface area contributed by atoms with E-state index in [0.717, 1.165) is 6.61 Å². The first-order chi connectivity index (χ1) is 8.33. The highest BCUT2D eigenvalue weighted by molar-refractivity contribution is 4.68. The molecule has 0 spiro atoms. The molecule has 3 heteroatoms. The first kappa shape index (κ1) is 14.9. The number of ether oxygens (including phenoxy) is 1. The summed E-state index contributed by atoms with van der Waals surface area (Å²) in [6.07, 6.45) is 8.13. The predicted molar refractivity (Wildman–Crippen MR) is 73.5 cm³/mol. The van der Waals surface area contributed by atoms with Gasteiger partial charge in [0.2, 0.25) is 0 Å². The van der Waals surface area contributed by atoms with E-state index >= 15 is 0 Å². The minimum absolute atomic E-state index is 0.932. The van der Waals surface area contributed by atoms with Gasteiger partial charge in [0, 0.05) is 39.9 Å². The average molecular weight is 242 g/mol. The second-order valence-corrected chi connectivity index (χ2v) is 5.26. The van der Waals surface area contributed by atoms with E-state index in [4.69, 9.17) is 4.74 Å². The van der Waals surface area contributed by atoms with Crippen LogP contribution >= 0.6 is 0 Å². The highest BCUT2D eigenvalue weighted by Crippen LogP contribution is 2.07. The molecule has 0 bridgehead atoms. The molecule has 1 fully saturated rings. The van der Waals surface area contributed by atoms with Gasteiger partial charge in [-0.1, -0.05) is 25.7 Å². The molecular formula is C14H30N2O. The Morgan fingerprint density at radius 1 is 0.824 bits per heavy atom. The van der Waals surface area contributed by atoms with E-state index < -0.39 is 0 Å². The van der Waals surface area contributed by atoms with Crippen LogP contribution in [0.4, 0.5) is 0 Å². The molecule has 0 unspecified atom stereocenters. The van der Waals surface area contributed by atoms with Gasteiger partial charge >= 0.3 is 0 Å². The second-order valence-electron chi connectivity index (χ2n) is 5.26. The normalized spacial score (nSPS) is 18.7. The van der Waals surface area contributed by atoms with Crippen LogP contribution in [0.15, 0.2) is 0 Å². The lowest BCUT2D eigenvalue weighted by Gasteiger charge is -2.32. The first-order valence-electron chi connectivity index (χ1n) is 7.23. The van der Waals surface area contributed by atoms with Gasteiger partial charge in [0.1, 0.15) is 0 Å². The Morgan fingerprint density at radius 2 is 1.41 bits per heavy atom. The van der Waals surface area contributed by atoms with Crippen LogP contribution in [0.3, 0.4) is 0 Å². The minimum Gasteiger partial charge on any atom is -0.385 e. The SMILES string of the molecule is COCCCCCCCCN1CCN(C)CC1. The van der Waals surface area contributed by atoms with Crippen LogP contribution in [0, 0.1) is 0 Å². The largest absolute Gasteiger partial charge is 0.385 e. The van der Waals surface area contributed by atoms with Crippen molar-refractivity contribution in [2.24, 2.45) is 0 Å². The molecule has 0 aromatic rings. The molecule has 0 aliphatic carbocycles. The Hall–Kier alpha value is -0.120. The number of piperazine rings is 1. The van der Waals surface area contributed by atoms with Crippen molar-refractivity contribution in [3.05, 3.63) is 0 Å². The van der Waals surface area contributed by atoms with Gasteiger partial charge in [0.15, 0.2) is 0 Å². The van der Waals surface area contributed by atoms with Crippen molar-refractivity contribution in [2.75, 3.05) is 53.5 Å². The summed E-state index contributed by atoms with van der Waals surface area (Å²) in [5, 5.41) is 0. The van der Waals surface area contributed by atoms with Gasteiger partial charge in [0.25, 0.3) is 0 Å². The Morgan fingerprint density at radius 3 is 2.06 bits per heavy atom. The van der Waals surface area contributed by atoms with Crippen molar-refractivity contribution in [2.45, 2.75) is 38.5 Å². The average Bonchev–Trinajstić information content (AvgIpc) is 2.35. The fourth-order valence-electron chi connectivity index (χ4n) is 2.36. The molecule has 1 aliphatic rings. The fourth-order valence-corrected chi connectivity index (χ4v) is 2.36. The van der Waals surface area contributed by atoms with E-state index in [9.17, 15) is 0 Å². The Kier molecular flexibility index (Phi) is 8.67. The van der Waals surface area contributed by atoms with Crippen molar-refractivity contribution < 1.29 is 4.74 Å². The van der Waals surface area contributed by atoms with Crippen LogP contribution in [0.2, 0.25) is 0 Å². The molecule has 3 nitrogen and oxygen atoms in total. The number of hydrogen-bond donors (Lipinski definition) is 0. The number of likely N-dealkylation sites (N-methyl/N-ethyl adjacent to an activating group) is 1. The van der Waals surface area contributed by atoms with Crippen molar-refractivity contribution in [1.29, 1.82) is 0 Å². The van der Waals surface area contributed by atoms with Gasteiger partial charge in [-0.05, 0) is 26.4 Å². The third kappa shape index (κ3) is 7.74. The third-order valence-corrected chi connectivity index (χ3v) is 3.67. The molecule has 0 N–H and O–H groups in total. The number of rotatable bonds is 9. The number of methoxy groups -OCH3 is 1. The maximum absolute atomic E-state index is 5.05. The molecular weight excluding hydrogens is 212 g/mol. The summed E-state index contributed by atoms with van der Waals surface area (Å²) in [5.74, 6) is 0. The molecule has 0 aromatic heterocycles. The summed E-state index contributed by atoms with van der Waals surface area (Å²) in [6, 6.07) is 0. The molecule has 102 valence electrons. The molecule has 1 aliphatic heterocycles. The Balaban J connectivity index is 1.81. The Labute approximate surface area is 107 Å². The fraction of sp³-hybridized carbons (Fsp3) is 1.00. The maximum Gasteiger partial charge on any atom is 0.0462 e. The number of hydrogen-bond acceptors (Lipinski definition) is 3. The summed E-state index contributed by atoms with van der Waals surface area (Å²) in [6.45, 7) is 7.27. The van der Waals surface area contributed by atoms with Crippen molar-refractivity contribution in [3.63, 3.8) is 0 Å². The highest BCUT2D eigenvalue weighted by atomic mass is 16.5. The van der Waals surface area contributed by atoms with Crippen LogP contribution in [0.5, 0.6) is 0 Å². The van der Waals surface area contributed by atoms with E-state index in [0.29, 0.717) is 0 Å². The Bertz CT molecular complexity index is 168. The summed E-state index contributed by atoms with van der Waals surface area (Å²) in [7, 11) is 4.01. The lowest BCUT2D eigenvalue weighted by Crippen LogP contribution is -2.44. The zero-order chi connectivity index (χ0) is 12.3. The molecule has 1 rings (SSSR count). The van der Waals surface area contributed by atoms with Crippen molar-refractivity contribution in [3.8, 4) is 0 Å². The highest BCUT2D eigenvalue weighted by Gasteiger charge is 2.12. The van der Waals surface area contributed by atoms with Crippen LogP contribution in [-0.2, 0) is 4.74 Å². The predicted octanol–water partition coefficient (Wildman–Crippen LogP) is 2.22. The lowest BCUT2D eigenvalue weighted by molar-refractivity contribution is 0.152. The van der Waals surface area contributed by atoms with Crippen molar-refractivity contribution >= 4 is 0 Å². The van der Waals surface area contributed by atoms with Gasteiger partial charge in [-0.15, -0.1) is 0 Å². The zero-order valence-electron chi connectivity index (χ0n) is 11.8. The van der Waals surface area contributed by atoms with Crippen LogP contribution in [-0.4, -0.2) is 63.3 Å². The van der Waals surface area contributed by atoms with Crippen LogP contribution < -0.4 is 0 Å². The maximum atomic E-state index is 5.05. The molecule has 0 saturated carbocycles. The van der Waals surface area contributed by atoms with E-state index in [2.05, 4.69) is 16.8 Å². The smallest absolute Gasteiger partial charge is 0.0462 e. The molecule has 1 saturated heterocycles. The quantitative estimate of drug-likeness (QED) is 0.577.